The molecule has 0 aliphatic heterocycles. The maximum Gasteiger partial charge on any atom is 0.176 e. The van der Waals surface area contributed by atoms with Crippen molar-refractivity contribution in [2.75, 3.05) is 6.26 Å². The summed E-state index contributed by atoms with van der Waals surface area (Å²) in [5.41, 5.74) is 0.952. The first kappa shape index (κ1) is 13.1. The minimum absolute atomic E-state index is 0.00980. The van der Waals surface area contributed by atoms with Crippen LogP contribution in [-0.4, -0.2) is 14.7 Å². The Labute approximate surface area is 110 Å². The highest BCUT2D eigenvalue weighted by Crippen LogP contribution is 2.29. The average Bonchev–Trinajstić information content (AvgIpc) is 2.32. The number of sulfone groups is 1. The van der Waals surface area contributed by atoms with E-state index in [1.54, 1.807) is 24.3 Å². The summed E-state index contributed by atoms with van der Waals surface area (Å²) in [5, 5.41) is 0.00980. The summed E-state index contributed by atoms with van der Waals surface area (Å²) >= 11 is 5.60. The standard InChI is InChI=1S/C13H10ClFO2S/c1-18(16,17)13-5-3-2-4-10(13)9-6-7-11(14)12(15)8-9/h2-8H,1H3. The van der Waals surface area contributed by atoms with Gasteiger partial charge in [-0.1, -0.05) is 35.9 Å². The van der Waals surface area contributed by atoms with E-state index in [1.807, 2.05) is 0 Å². The molecule has 0 unspecified atom stereocenters. The molecule has 0 fully saturated rings. The lowest BCUT2D eigenvalue weighted by molar-refractivity contribution is 0.602. The quantitative estimate of drug-likeness (QED) is 0.845. The van der Waals surface area contributed by atoms with Crippen LogP contribution < -0.4 is 0 Å². The number of halogens is 2. The lowest BCUT2D eigenvalue weighted by Gasteiger charge is -2.08. The van der Waals surface area contributed by atoms with Crippen LogP contribution in [0.4, 0.5) is 4.39 Å². The highest BCUT2D eigenvalue weighted by Gasteiger charge is 2.14. The molecule has 18 heavy (non-hydrogen) atoms. The molecule has 0 amide bonds. The van der Waals surface area contributed by atoms with E-state index in [0.717, 1.165) is 6.26 Å². The molecule has 0 atom stereocenters. The topological polar surface area (TPSA) is 34.1 Å². The molecule has 0 radical (unpaired) electrons. The Balaban J connectivity index is 2.68. The van der Waals surface area contributed by atoms with E-state index in [9.17, 15) is 12.8 Å². The molecule has 2 aromatic carbocycles. The van der Waals surface area contributed by atoms with Crippen molar-refractivity contribution in [3.63, 3.8) is 0 Å². The summed E-state index contributed by atoms with van der Waals surface area (Å²) < 4.78 is 36.7. The van der Waals surface area contributed by atoms with E-state index in [1.165, 1.54) is 18.2 Å². The first-order chi connectivity index (χ1) is 8.39. The predicted molar refractivity (Wildman–Crippen MR) is 70.0 cm³/mol. The number of hydrogen-bond donors (Lipinski definition) is 0. The smallest absolute Gasteiger partial charge is 0.176 e. The zero-order chi connectivity index (χ0) is 13.3. The maximum atomic E-state index is 13.4. The van der Waals surface area contributed by atoms with Crippen molar-refractivity contribution in [3.05, 3.63) is 53.3 Å². The monoisotopic (exact) mass is 284 g/mol. The van der Waals surface area contributed by atoms with Gasteiger partial charge in [-0.2, -0.15) is 0 Å². The first-order valence-corrected chi connectivity index (χ1v) is 7.41. The molecule has 0 N–H and O–H groups in total. The lowest BCUT2D eigenvalue weighted by atomic mass is 10.1. The third kappa shape index (κ3) is 2.54. The Morgan fingerprint density at radius 3 is 2.39 bits per heavy atom. The molecule has 0 saturated carbocycles. The van der Waals surface area contributed by atoms with Crippen LogP contribution in [0.25, 0.3) is 11.1 Å². The molecule has 0 spiro atoms. The van der Waals surface area contributed by atoms with Crippen LogP contribution in [0.2, 0.25) is 5.02 Å². The molecule has 94 valence electrons. The van der Waals surface area contributed by atoms with Crippen LogP contribution >= 0.6 is 11.6 Å². The van der Waals surface area contributed by atoms with E-state index in [0.29, 0.717) is 11.1 Å². The number of benzene rings is 2. The van der Waals surface area contributed by atoms with Crippen LogP contribution in [-0.2, 0) is 9.84 Å². The lowest BCUT2D eigenvalue weighted by Crippen LogP contribution is -1.99. The van der Waals surface area contributed by atoms with E-state index >= 15 is 0 Å². The molecule has 0 saturated heterocycles. The Morgan fingerprint density at radius 1 is 1.11 bits per heavy atom. The van der Waals surface area contributed by atoms with Crippen molar-refractivity contribution in [3.8, 4) is 11.1 Å². The van der Waals surface area contributed by atoms with Crippen molar-refractivity contribution in [2.45, 2.75) is 4.90 Å². The molecular weight excluding hydrogens is 275 g/mol. The van der Waals surface area contributed by atoms with Crippen LogP contribution in [0.3, 0.4) is 0 Å². The second kappa shape index (κ2) is 4.71. The van der Waals surface area contributed by atoms with Gasteiger partial charge in [0.25, 0.3) is 0 Å². The summed E-state index contributed by atoms with van der Waals surface area (Å²) in [7, 11) is -3.36. The Kier molecular flexibility index (Phi) is 3.41. The average molecular weight is 285 g/mol. The van der Waals surface area contributed by atoms with Gasteiger partial charge in [0.2, 0.25) is 0 Å². The summed E-state index contributed by atoms with van der Waals surface area (Å²) in [6, 6.07) is 10.7. The van der Waals surface area contributed by atoms with Gasteiger partial charge in [-0.05, 0) is 23.8 Å². The van der Waals surface area contributed by atoms with E-state index in [2.05, 4.69) is 0 Å². The fraction of sp³-hybridized carbons (Fsp3) is 0.0769. The largest absolute Gasteiger partial charge is 0.224 e. The zero-order valence-electron chi connectivity index (χ0n) is 9.52. The van der Waals surface area contributed by atoms with Gasteiger partial charge in [0.15, 0.2) is 9.84 Å². The highest BCUT2D eigenvalue weighted by atomic mass is 35.5. The summed E-state index contributed by atoms with van der Waals surface area (Å²) in [4.78, 5) is 0.173. The van der Waals surface area contributed by atoms with Gasteiger partial charge in [0.05, 0.1) is 9.92 Å². The van der Waals surface area contributed by atoms with E-state index < -0.39 is 15.7 Å². The van der Waals surface area contributed by atoms with Gasteiger partial charge < -0.3 is 0 Å². The van der Waals surface area contributed by atoms with Crippen molar-refractivity contribution in [1.82, 2.24) is 0 Å². The first-order valence-electron chi connectivity index (χ1n) is 5.14. The zero-order valence-corrected chi connectivity index (χ0v) is 11.1. The fourth-order valence-corrected chi connectivity index (χ4v) is 2.72. The maximum absolute atomic E-state index is 13.4. The van der Waals surface area contributed by atoms with Crippen LogP contribution in [0.1, 0.15) is 0 Å². The van der Waals surface area contributed by atoms with Crippen molar-refractivity contribution in [1.29, 1.82) is 0 Å². The molecule has 0 aliphatic rings. The second-order valence-electron chi connectivity index (χ2n) is 3.90. The SMILES string of the molecule is CS(=O)(=O)c1ccccc1-c1ccc(Cl)c(F)c1. The van der Waals surface area contributed by atoms with Crippen molar-refractivity contribution < 1.29 is 12.8 Å². The van der Waals surface area contributed by atoms with Crippen LogP contribution in [0.5, 0.6) is 0 Å². The molecule has 0 aliphatic carbocycles. The molecule has 2 rings (SSSR count). The van der Waals surface area contributed by atoms with Gasteiger partial charge in [-0.25, -0.2) is 12.8 Å². The van der Waals surface area contributed by atoms with Gasteiger partial charge in [-0.15, -0.1) is 0 Å². The normalized spacial score (nSPS) is 11.5. The molecule has 2 nitrogen and oxygen atoms in total. The molecule has 0 heterocycles. The third-order valence-corrected chi connectivity index (χ3v) is 3.98. The van der Waals surface area contributed by atoms with Gasteiger partial charge in [-0.3, -0.25) is 0 Å². The van der Waals surface area contributed by atoms with E-state index in [4.69, 9.17) is 11.6 Å². The minimum atomic E-state index is -3.36. The molecule has 0 aromatic heterocycles. The van der Waals surface area contributed by atoms with E-state index in [-0.39, 0.29) is 9.92 Å². The van der Waals surface area contributed by atoms with Crippen molar-refractivity contribution in [2.24, 2.45) is 0 Å². The summed E-state index contributed by atoms with van der Waals surface area (Å²) in [6.07, 6.45) is 1.12. The number of hydrogen-bond acceptors (Lipinski definition) is 2. The molecular formula is C13H10ClFO2S. The van der Waals surface area contributed by atoms with Crippen molar-refractivity contribution >= 4 is 21.4 Å². The highest BCUT2D eigenvalue weighted by molar-refractivity contribution is 7.90. The third-order valence-electron chi connectivity index (χ3n) is 2.52. The summed E-state index contributed by atoms with van der Waals surface area (Å²) in [6.45, 7) is 0. The fourth-order valence-electron chi connectivity index (χ4n) is 1.69. The van der Waals surface area contributed by atoms with Crippen LogP contribution in [0, 0.1) is 5.82 Å². The summed E-state index contributed by atoms with van der Waals surface area (Å²) in [5.74, 6) is -0.572. The van der Waals surface area contributed by atoms with Gasteiger partial charge in [0.1, 0.15) is 5.82 Å². The number of rotatable bonds is 2. The Morgan fingerprint density at radius 2 is 1.78 bits per heavy atom. The van der Waals surface area contributed by atoms with Crippen LogP contribution in [0.15, 0.2) is 47.4 Å². The molecule has 2 aromatic rings. The second-order valence-corrected chi connectivity index (χ2v) is 6.29. The van der Waals surface area contributed by atoms with Gasteiger partial charge in [0, 0.05) is 11.8 Å². The Bertz CT molecular complexity index is 696. The predicted octanol–water partition coefficient (Wildman–Crippen LogP) is 3.55. The Hall–Kier alpha value is -1.39. The molecule has 0 bridgehead atoms. The minimum Gasteiger partial charge on any atom is -0.224 e. The van der Waals surface area contributed by atoms with Gasteiger partial charge >= 0.3 is 0 Å². The molecule has 5 heteroatoms.